The van der Waals surface area contributed by atoms with Crippen molar-refractivity contribution in [3.8, 4) is 0 Å². The van der Waals surface area contributed by atoms with E-state index >= 15 is 0 Å². The van der Waals surface area contributed by atoms with Gasteiger partial charge >= 0.3 is 5.97 Å². The normalized spacial score (nSPS) is 11.9. The molecule has 1 rings (SSSR count). The van der Waals surface area contributed by atoms with Gasteiger partial charge in [-0.25, -0.2) is 4.79 Å². The number of esters is 1. The lowest BCUT2D eigenvalue weighted by Gasteiger charge is -2.12. The van der Waals surface area contributed by atoms with Gasteiger partial charge in [0, 0.05) is 0 Å². The van der Waals surface area contributed by atoms with Gasteiger partial charge in [-0.1, -0.05) is 0 Å². The van der Waals surface area contributed by atoms with E-state index in [9.17, 15) is 9.59 Å². The van der Waals surface area contributed by atoms with E-state index < -0.39 is 24.5 Å². The first-order valence-corrected chi connectivity index (χ1v) is 4.22. The van der Waals surface area contributed by atoms with E-state index in [1.165, 1.54) is 19.4 Å². The Bertz CT molecular complexity index is 332. The topological polar surface area (TPSA) is 88.8 Å². The maximum atomic E-state index is 11.4. The van der Waals surface area contributed by atoms with Gasteiger partial charge in [-0.15, -0.1) is 0 Å². The molecule has 6 nitrogen and oxygen atoms in total. The van der Waals surface area contributed by atoms with Gasteiger partial charge in [0.2, 0.25) is 0 Å². The number of ether oxygens (including phenoxy) is 1. The van der Waals surface area contributed by atoms with E-state index in [0.29, 0.717) is 0 Å². The van der Waals surface area contributed by atoms with Gasteiger partial charge in [-0.3, -0.25) is 4.79 Å². The average molecular weight is 213 g/mol. The summed E-state index contributed by atoms with van der Waals surface area (Å²) < 4.78 is 9.19. The summed E-state index contributed by atoms with van der Waals surface area (Å²) in [4.78, 5) is 22.4. The molecule has 1 aromatic rings. The Morgan fingerprint density at radius 3 is 2.87 bits per heavy atom. The van der Waals surface area contributed by atoms with Crippen LogP contribution in [0.3, 0.4) is 0 Å². The zero-order valence-corrected chi connectivity index (χ0v) is 8.10. The standard InChI is InChI=1S/C9H11NO5/c1-14-9(13)6(5-11)10-8(12)7-3-2-4-15-7/h2-4,6,11H,5H2,1H3,(H,10,12). The van der Waals surface area contributed by atoms with Gasteiger partial charge in [0.25, 0.3) is 5.91 Å². The molecular weight excluding hydrogens is 202 g/mol. The number of rotatable bonds is 4. The molecule has 1 amide bonds. The molecule has 2 N–H and O–H groups in total. The van der Waals surface area contributed by atoms with Gasteiger partial charge in [0.05, 0.1) is 20.0 Å². The highest BCUT2D eigenvalue weighted by molar-refractivity contribution is 5.94. The molecule has 0 saturated heterocycles. The summed E-state index contributed by atoms with van der Waals surface area (Å²) in [6.07, 6.45) is 1.33. The van der Waals surface area contributed by atoms with Crippen molar-refractivity contribution in [2.45, 2.75) is 6.04 Å². The molecule has 82 valence electrons. The molecule has 0 spiro atoms. The van der Waals surface area contributed by atoms with Gasteiger partial charge in [0.1, 0.15) is 0 Å². The molecule has 0 bridgehead atoms. The highest BCUT2D eigenvalue weighted by Gasteiger charge is 2.21. The van der Waals surface area contributed by atoms with Crippen molar-refractivity contribution in [1.29, 1.82) is 0 Å². The summed E-state index contributed by atoms with van der Waals surface area (Å²) in [5, 5.41) is 11.1. The molecule has 0 saturated carbocycles. The molecule has 1 aromatic heterocycles. The monoisotopic (exact) mass is 213 g/mol. The summed E-state index contributed by atoms with van der Waals surface area (Å²) in [5.74, 6) is -1.22. The Morgan fingerprint density at radius 1 is 1.67 bits per heavy atom. The Kier molecular flexibility index (Phi) is 3.87. The van der Waals surface area contributed by atoms with Crippen LogP contribution in [0.2, 0.25) is 0 Å². The predicted molar refractivity (Wildman–Crippen MR) is 49.1 cm³/mol. The molecule has 0 aromatic carbocycles. The maximum Gasteiger partial charge on any atom is 0.330 e. The summed E-state index contributed by atoms with van der Waals surface area (Å²) in [7, 11) is 1.17. The first kappa shape index (κ1) is 11.3. The Hall–Kier alpha value is -1.82. The summed E-state index contributed by atoms with van der Waals surface area (Å²) in [5.41, 5.74) is 0. The second-order valence-corrected chi connectivity index (χ2v) is 2.71. The van der Waals surface area contributed by atoms with Crippen LogP contribution >= 0.6 is 0 Å². The van der Waals surface area contributed by atoms with E-state index in [4.69, 9.17) is 9.52 Å². The van der Waals surface area contributed by atoms with Crippen molar-refractivity contribution in [3.05, 3.63) is 24.2 Å². The molecule has 1 atom stereocenters. The third-order valence-electron chi connectivity index (χ3n) is 1.72. The number of carbonyl (C=O) groups is 2. The fraction of sp³-hybridized carbons (Fsp3) is 0.333. The van der Waals surface area contributed by atoms with E-state index in [1.807, 2.05) is 0 Å². The van der Waals surface area contributed by atoms with Crippen LogP contribution in [-0.4, -0.2) is 36.7 Å². The number of aliphatic hydroxyl groups excluding tert-OH is 1. The zero-order valence-electron chi connectivity index (χ0n) is 8.10. The molecule has 0 aliphatic heterocycles. The highest BCUT2D eigenvalue weighted by atomic mass is 16.5. The number of carbonyl (C=O) groups excluding carboxylic acids is 2. The Morgan fingerprint density at radius 2 is 2.40 bits per heavy atom. The van der Waals surface area contributed by atoms with Crippen LogP contribution in [0.5, 0.6) is 0 Å². The molecular formula is C9H11NO5. The highest BCUT2D eigenvalue weighted by Crippen LogP contribution is 2.00. The molecule has 1 unspecified atom stereocenters. The number of methoxy groups -OCH3 is 1. The van der Waals surface area contributed by atoms with Gasteiger partial charge in [-0.05, 0) is 12.1 Å². The summed E-state index contributed by atoms with van der Waals surface area (Å²) in [6, 6.07) is 1.91. The van der Waals surface area contributed by atoms with Crippen LogP contribution in [0.25, 0.3) is 0 Å². The first-order chi connectivity index (χ1) is 7.19. The van der Waals surface area contributed by atoms with Crippen LogP contribution in [0.4, 0.5) is 0 Å². The minimum absolute atomic E-state index is 0.0670. The van der Waals surface area contributed by atoms with Gasteiger partial charge in [0.15, 0.2) is 11.8 Å². The first-order valence-electron chi connectivity index (χ1n) is 4.22. The third kappa shape index (κ3) is 2.81. The largest absolute Gasteiger partial charge is 0.467 e. The molecule has 0 fully saturated rings. The number of amides is 1. The predicted octanol–water partition coefficient (Wildman–Crippen LogP) is -0.457. The zero-order chi connectivity index (χ0) is 11.3. The van der Waals surface area contributed by atoms with Crippen molar-refractivity contribution in [1.82, 2.24) is 5.32 Å². The average Bonchev–Trinajstić information content (AvgIpc) is 2.77. The van der Waals surface area contributed by atoms with Crippen LogP contribution < -0.4 is 5.32 Å². The molecule has 0 aliphatic rings. The van der Waals surface area contributed by atoms with Crippen molar-refractivity contribution in [2.24, 2.45) is 0 Å². The van der Waals surface area contributed by atoms with Gasteiger partial charge < -0.3 is 19.6 Å². The second kappa shape index (κ2) is 5.16. The fourth-order valence-corrected chi connectivity index (χ4v) is 0.958. The summed E-state index contributed by atoms with van der Waals surface area (Å²) in [6.45, 7) is -0.529. The van der Waals surface area contributed by atoms with Crippen LogP contribution in [0.1, 0.15) is 10.6 Å². The Labute approximate surface area is 85.8 Å². The number of aliphatic hydroxyl groups is 1. The number of hydrogen-bond donors (Lipinski definition) is 2. The number of hydrogen-bond acceptors (Lipinski definition) is 5. The van der Waals surface area contributed by atoms with Crippen LogP contribution in [-0.2, 0) is 9.53 Å². The SMILES string of the molecule is COC(=O)C(CO)NC(=O)c1ccco1. The van der Waals surface area contributed by atoms with Crippen LogP contribution in [0.15, 0.2) is 22.8 Å². The third-order valence-corrected chi connectivity index (χ3v) is 1.72. The molecule has 0 aliphatic carbocycles. The molecule has 15 heavy (non-hydrogen) atoms. The molecule has 6 heteroatoms. The molecule has 1 heterocycles. The van der Waals surface area contributed by atoms with E-state index in [0.717, 1.165) is 0 Å². The quantitative estimate of drug-likeness (QED) is 0.661. The van der Waals surface area contributed by atoms with Crippen molar-refractivity contribution >= 4 is 11.9 Å². The van der Waals surface area contributed by atoms with E-state index in [-0.39, 0.29) is 5.76 Å². The van der Waals surface area contributed by atoms with Crippen molar-refractivity contribution in [3.63, 3.8) is 0 Å². The minimum atomic E-state index is -1.08. The van der Waals surface area contributed by atoms with Crippen LogP contribution in [0, 0.1) is 0 Å². The lowest BCUT2D eigenvalue weighted by atomic mass is 10.3. The smallest absolute Gasteiger partial charge is 0.330 e. The lowest BCUT2D eigenvalue weighted by Crippen LogP contribution is -2.43. The molecule has 0 radical (unpaired) electrons. The summed E-state index contributed by atoms with van der Waals surface area (Å²) >= 11 is 0. The van der Waals surface area contributed by atoms with Crippen molar-refractivity contribution in [2.75, 3.05) is 13.7 Å². The Balaban J connectivity index is 2.60. The van der Waals surface area contributed by atoms with E-state index in [2.05, 4.69) is 10.1 Å². The van der Waals surface area contributed by atoms with Crippen molar-refractivity contribution < 1.29 is 23.8 Å². The lowest BCUT2D eigenvalue weighted by molar-refractivity contribution is -0.143. The fourth-order valence-electron chi connectivity index (χ4n) is 0.958. The number of nitrogens with one attached hydrogen (secondary N) is 1. The minimum Gasteiger partial charge on any atom is -0.467 e. The van der Waals surface area contributed by atoms with Gasteiger partial charge in [-0.2, -0.15) is 0 Å². The number of furan rings is 1. The second-order valence-electron chi connectivity index (χ2n) is 2.71. The maximum absolute atomic E-state index is 11.4. The van der Waals surface area contributed by atoms with E-state index in [1.54, 1.807) is 6.07 Å².